The summed E-state index contributed by atoms with van der Waals surface area (Å²) in [5.74, 6) is 0.770. The number of urea groups is 1. The highest BCUT2D eigenvalue weighted by Gasteiger charge is 2.18. The smallest absolute Gasteiger partial charge is 0.315 e. The van der Waals surface area contributed by atoms with E-state index in [0.717, 1.165) is 11.8 Å². The van der Waals surface area contributed by atoms with Crippen LogP contribution < -0.4 is 10.6 Å². The van der Waals surface area contributed by atoms with Crippen molar-refractivity contribution in [2.24, 2.45) is 0 Å². The van der Waals surface area contributed by atoms with Crippen molar-refractivity contribution >= 4 is 6.03 Å². The lowest BCUT2D eigenvalue weighted by Crippen LogP contribution is -2.39. The normalized spacial score (nSPS) is 11.6. The molecule has 0 unspecified atom stereocenters. The van der Waals surface area contributed by atoms with Gasteiger partial charge < -0.3 is 19.8 Å². The van der Waals surface area contributed by atoms with Crippen molar-refractivity contribution in [2.75, 3.05) is 13.7 Å². The van der Waals surface area contributed by atoms with E-state index in [-0.39, 0.29) is 18.7 Å². The monoisotopic (exact) mass is 331 g/mol. The molecule has 1 aromatic carbocycles. The van der Waals surface area contributed by atoms with Crippen LogP contribution in [0.1, 0.15) is 28.7 Å². The number of halogens is 1. The molecule has 0 saturated carbocycles. The number of benzene rings is 1. The van der Waals surface area contributed by atoms with E-state index in [0.29, 0.717) is 11.3 Å². The fourth-order valence-corrected chi connectivity index (χ4v) is 2.15. The maximum atomic E-state index is 13.8. The molecule has 1 atom stereocenters. The van der Waals surface area contributed by atoms with Gasteiger partial charge in [0.1, 0.15) is 23.4 Å². The maximum absolute atomic E-state index is 13.8. The third-order valence-electron chi connectivity index (χ3n) is 3.36. The Kier molecular flexibility index (Phi) is 5.93. The summed E-state index contributed by atoms with van der Waals surface area (Å²) >= 11 is 0. The predicted octanol–water partition coefficient (Wildman–Crippen LogP) is 2.79. The van der Waals surface area contributed by atoms with Gasteiger partial charge in [-0.1, -0.05) is 6.07 Å². The van der Waals surface area contributed by atoms with Gasteiger partial charge >= 0.3 is 6.03 Å². The van der Waals surface area contributed by atoms with Crippen molar-refractivity contribution in [3.05, 3.63) is 58.8 Å². The van der Waals surface area contributed by atoms with Gasteiger partial charge in [-0.25, -0.2) is 9.18 Å². The SMILES string of the molecule is COC[C@@H](NC(=O)NCc1ccc(C#N)cc1F)c1ccc(C)o1. The number of ether oxygens (including phenoxy) is 1. The van der Waals surface area contributed by atoms with Crippen molar-refractivity contribution in [3.63, 3.8) is 0 Å². The van der Waals surface area contributed by atoms with Gasteiger partial charge in [0.2, 0.25) is 0 Å². The average Bonchev–Trinajstić information content (AvgIpc) is 2.99. The Bertz CT molecular complexity index is 752. The largest absolute Gasteiger partial charge is 0.464 e. The van der Waals surface area contributed by atoms with E-state index in [1.807, 2.05) is 6.07 Å². The number of furan rings is 1. The molecule has 0 spiro atoms. The van der Waals surface area contributed by atoms with Gasteiger partial charge in [0, 0.05) is 19.2 Å². The molecule has 1 aromatic heterocycles. The summed E-state index contributed by atoms with van der Waals surface area (Å²) in [4.78, 5) is 12.0. The van der Waals surface area contributed by atoms with Gasteiger partial charge in [-0.2, -0.15) is 5.26 Å². The van der Waals surface area contributed by atoms with Crippen LogP contribution >= 0.6 is 0 Å². The van der Waals surface area contributed by atoms with Crippen molar-refractivity contribution in [1.82, 2.24) is 10.6 Å². The molecule has 7 heteroatoms. The lowest BCUT2D eigenvalue weighted by molar-refractivity contribution is 0.156. The summed E-state index contributed by atoms with van der Waals surface area (Å²) in [5, 5.41) is 14.0. The van der Waals surface area contributed by atoms with Crippen LogP contribution in [0, 0.1) is 24.1 Å². The molecular formula is C17H18FN3O3. The molecule has 24 heavy (non-hydrogen) atoms. The lowest BCUT2D eigenvalue weighted by Gasteiger charge is -2.16. The van der Waals surface area contributed by atoms with E-state index < -0.39 is 17.9 Å². The summed E-state index contributed by atoms with van der Waals surface area (Å²) in [6.45, 7) is 2.05. The van der Waals surface area contributed by atoms with E-state index in [4.69, 9.17) is 14.4 Å². The topological polar surface area (TPSA) is 87.3 Å². The molecule has 2 rings (SSSR count). The third kappa shape index (κ3) is 4.57. The predicted molar refractivity (Wildman–Crippen MR) is 84.5 cm³/mol. The summed E-state index contributed by atoms with van der Waals surface area (Å²) in [7, 11) is 1.52. The summed E-state index contributed by atoms with van der Waals surface area (Å²) in [6.07, 6.45) is 0. The molecule has 0 fully saturated rings. The van der Waals surface area contributed by atoms with Crippen molar-refractivity contribution in [3.8, 4) is 6.07 Å². The third-order valence-corrected chi connectivity index (χ3v) is 3.36. The molecule has 0 radical (unpaired) electrons. The number of nitrogens with zero attached hydrogens (tertiary/aromatic N) is 1. The molecule has 126 valence electrons. The average molecular weight is 331 g/mol. The van der Waals surface area contributed by atoms with Gasteiger partial charge in [0.25, 0.3) is 0 Å². The van der Waals surface area contributed by atoms with Crippen LogP contribution in [0.4, 0.5) is 9.18 Å². The van der Waals surface area contributed by atoms with Crippen LogP contribution in [-0.2, 0) is 11.3 Å². The fourth-order valence-electron chi connectivity index (χ4n) is 2.15. The fraction of sp³-hybridized carbons (Fsp3) is 0.294. The zero-order valence-electron chi connectivity index (χ0n) is 13.4. The van der Waals surface area contributed by atoms with Gasteiger partial charge in [0.15, 0.2) is 0 Å². The van der Waals surface area contributed by atoms with Crippen LogP contribution in [0.3, 0.4) is 0 Å². The molecule has 0 aliphatic rings. The first kappa shape index (κ1) is 17.5. The molecule has 2 amide bonds. The zero-order chi connectivity index (χ0) is 17.5. The van der Waals surface area contributed by atoms with Gasteiger partial charge in [-0.3, -0.25) is 0 Å². The van der Waals surface area contributed by atoms with Crippen LogP contribution in [0.15, 0.2) is 34.7 Å². The van der Waals surface area contributed by atoms with Gasteiger partial charge in [-0.15, -0.1) is 0 Å². The number of methoxy groups -OCH3 is 1. The molecule has 2 aromatic rings. The Morgan fingerprint density at radius 2 is 2.21 bits per heavy atom. The van der Waals surface area contributed by atoms with Gasteiger partial charge in [0.05, 0.1) is 18.2 Å². The van der Waals surface area contributed by atoms with Crippen molar-refractivity contribution in [2.45, 2.75) is 19.5 Å². The molecule has 0 saturated heterocycles. The van der Waals surface area contributed by atoms with Crippen LogP contribution in [-0.4, -0.2) is 19.7 Å². The number of hydrogen-bond donors (Lipinski definition) is 2. The molecule has 0 aliphatic heterocycles. The summed E-state index contributed by atoms with van der Waals surface area (Å²) in [6, 6.07) is 8.59. The highest BCUT2D eigenvalue weighted by Crippen LogP contribution is 2.16. The molecule has 2 N–H and O–H groups in total. The van der Waals surface area contributed by atoms with E-state index in [1.54, 1.807) is 19.1 Å². The minimum absolute atomic E-state index is 0.000258. The molecular weight excluding hydrogens is 313 g/mol. The van der Waals surface area contributed by atoms with Crippen molar-refractivity contribution in [1.29, 1.82) is 5.26 Å². The Labute approximate surface area is 139 Å². The highest BCUT2D eigenvalue weighted by atomic mass is 19.1. The zero-order valence-corrected chi connectivity index (χ0v) is 13.4. The lowest BCUT2D eigenvalue weighted by atomic mass is 10.1. The highest BCUT2D eigenvalue weighted by molar-refractivity contribution is 5.74. The number of hydrogen-bond acceptors (Lipinski definition) is 4. The van der Waals surface area contributed by atoms with Crippen molar-refractivity contribution < 1.29 is 18.3 Å². The van der Waals surface area contributed by atoms with E-state index in [9.17, 15) is 9.18 Å². The Hall–Kier alpha value is -2.85. The molecule has 6 nitrogen and oxygen atoms in total. The van der Waals surface area contributed by atoms with E-state index in [1.165, 1.54) is 19.2 Å². The Balaban J connectivity index is 1.95. The quantitative estimate of drug-likeness (QED) is 0.852. The molecule has 0 bridgehead atoms. The Morgan fingerprint density at radius 3 is 2.79 bits per heavy atom. The minimum atomic E-state index is -0.538. The summed E-state index contributed by atoms with van der Waals surface area (Å²) < 4.78 is 24.4. The number of rotatable bonds is 6. The van der Waals surface area contributed by atoms with Crippen LogP contribution in [0.25, 0.3) is 0 Å². The van der Waals surface area contributed by atoms with Crippen LogP contribution in [0.2, 0.25) is 0 Å². The number of carbonyl (C=O) groups excluding carboxylic acids is 1. The number of aryl methyl sites for hydroxylation is 1. The second-order valence-electron chi connectivity index (χ2n) is 5.20. The molecule has 1 heterocycles. The Morgan fingerprint density at radius 1 is 1.42 bits per heavy atom. The first-order valence-corrected chi connectivity index (χ1v) is 7.31. The second kappa shape index (κ2) is 8.13. The number of amides is 2. The van der Waals surface area contributed by atoms with Gasteiger partial charge in [-0.05, 0) is 31.2 Å². The number of nitriles is 1. The number of carbonyl (C=O) groups is 1. The number of nitrogens with one attached hydrogen (secondary N) is 2. The first-order valence-electron chi connectivity index (χ1n) is 7.31. The standard InChI is InChI=1S/C17H18FN3O3/c1-11-3-6-16(24-11)15(10-23-2)21-17(22)20-9-13-5-4-12(8-19)7-14(13)18/h3-7,15H,9-10H2,1-2H3,(H2,20,21,22)/t15-/m1/s1. The summed E-state index contributed by atoms with van der Waals surface area (Å²) in [5.41, 5.74) is 0.523. The first-order chi connectivity index (χ1) is 11.5. The second-order valence-corrected chi connectivity index (χ2v) is 5.20. The van der Waals surface area contributed by atoms with E-state index >= 15 is 0 Å². The molecule has 0 aliphatic carbocycles. The van der Waals surface area contributed by atoms with Crippen LogP contribution in [0.5, 0.6) is 0 Å². The van der Waals surface area contributed by atoms with E-state index in [2.05, 4.69) is 10.6 Å². The minimum Gasteiger partial charge on any atom is -0.464 e. The maximum Gasteiger partial charge on any atom is 0.315 e.